The Morgan fingerprint density at radius 2 is 2.33 bits per heavy atom. The molecule has 2 rings (SSSR count). The van der Waals surface area contributed by atoms with Crippen LogP contribution in [0.4, 0.5) is 4.39 Å². The van der Waals surface area contributed by atoms with Gasteiger partial charge in [-0.25, -0.2) is 4.39 Å². The Morgan fingerprint density at radius 1 is 1.53 bits per heavy atom. The average molecular weight is 209 g/mol. The van der Waals surface area contributed by atoms with E-state index >= 15 is 0 Å². The fourth-order valence-corrected chi connectivity index (χ4v) is 2.09. The van der Waals surface area contributed by atoms with Crippen molar-refractivity contribution in [3.63, 3.8) is 0 Å². The summed E-state index contributed by atoms with van der Waals surface area (Å²) in [5, 5.41) is 12.4. The van der Waals surface area contributed by atoms with E-state index in [1.807, 2.05) is 12.1 Å². The molecule has 3 heteroatoms. The highest BCUT2D eigenvalue weighted by atomic mass is 19.1. The molecule has 1 heterocycles. The normalized spacial score (nSPS) is 25.8. The number of hydrogen-bond donors (Lipinski definition) is 2. The van der Waals surface area contributed by atoms with Gasteiger partial charge in [-0.3, -0.25) is 0 Å². The molecule has 2 nitrogen and oxygen atoms in total. The van der Waals surface area contributed by atoms with Crippen LogP contribution in [0.3, 0.4) is 0 Å². The van der Waals surface area contributed by atoms with Crippen molar-refractivity contribution in [1.29, 1.82) is 0 Å². The van der Waals surface area contributed by atoms with Gasteiger partial charge < -0.3 is 10.4 Å². The Bertz CT molecular complexity index is 353. The first-order chi connectivity index (χ1) is 7.20. The van der Waals surface area contributed by atoms with E-state index in [9.17, 15) is 4.39 Å². The van der Waals surface area contributed by atoms with E-state index in [1.165, 1.54) is 6.07 Å². The highest BCUT2D eigenvalue weighted by molar-refractivity contribution is 5.27. The molecule has 82 valence electrons. The van der Waals surface area contributed by atoms with Gasteiger partial charge in [0, 0.05) is 19.2 Å². The molecule has 0 aliphatic carbocycles. The maximum Gasteiger partial charge on any atom is 0.126 e. The molecule has 0 spiro atoms. The predicted octanol–water partition coefficient (Wildman–Crippen LogP) is 1.78. The van der Waals surface area contributed by atoms with Crippen molar-refractivity contribution in [3.8, 4) is 0 Å². The van der Waals surface area contributed by atoms with Gasteiger partial charge in [0.25, 0.3) is 0 Å². The van der Waals surface area contributed by atoms with Crippen molar-refractivity contribution in [2.75, 3.05) is 13.2 Å². The maximum absolute atomic E-state index is 13.1. The third kappa shape index (κ3) is 2.19. The molecule has 2 N–H and O–H groups in total. The molecule has 0 saturated carbocycles. The zero-order valence-electron chi connectivity index (χ0n) is 8.83. The lowest BCUT2D eigenvalue weighted by Gasteiger charge is -2.11. The average Bonchev–Trinajstić information content (AvgIpc) is 2.70. The minimum atomic E-state index is -0.157. The van der Waals surface area contributed by atoms with Crippen molar-refractivity contribution in [1.82, 2.24) is 5.32 Å². The molecular formula is C12H16FNO. The molecule has 1 aliphatic heterocycles. The van der Waals surface area contributed by atoms with Crippen LogP contribution in [0.2, 0.25) is 0 Å². The fourth-order valence-electron chi connectivity index (χ4n) is 2.09. The Hall–Kier alpha value is -0.930. The van der Waals surface area contributed by atoms with Crippen molar-refractivity contribution in [2.45, 2.75) is 19.4 Å². The largest absolute Gasteiger partial charge is 0.396 e. The summed E-state index contributed by atoms with van der Waals surface area (Å²) in [4.78, 5) is 0. The van der Waals surface area contributed by atoms with Gasteiger partial charge in [0.2, 0.25) is 0 Å². The molecule has 1 aromatic rings. The third-order valence-corrected chi connectivity index (χ3v) is 3.06. The number of aryl methyl sites for hydroxylation is 1. The standard InChI is InChI=1S/C12H16FNO/c1-8-4-10(2-3-11(8)13)12-5-9(7-15)6-14-12/h2-4,9,12,14-15H,5-7H2,1H3. The van der Waals surface area contributed by atoms with Crippen molar-refractivity contribution >= 4 is 0 Å². The molecule has 1 saturated heterocycles. The Kier molecular flexibility index (Phi) is 3.03. The summed E-state index contributed by atoms with van der Waals surface area (Å²) in [6.45, 7) is 2.85. The summed E-state index contributed by atoms with van der Waals surface area (Å²) in [5.41, 5.74) is 1.80. The Morgan fingerprint density at radius 3 is 2.93 bits per heavy atom. The number of rotatable bonds is 2. The fraction of sp³-hybridized carbons (Fsp3) is 0.500. The predicted molar refractivity (Wildman–Crippen MR) is 57.1 cm³/mol. The van der Waals surface area contributed by atoms with Gasteiger partial charge in [-0.15, -0.1) is 0 Å². The van der Waals surface area contributed by atoms with Crippen LogP contribution in [0.15, 0.2) is 18.2 Å². The highest BCUT2D eigenvalue weighted by Crippen LogP contribution is 2.27. The van der Waals surface area contributed by atoms with Crippen LogP contribution in [0, 0.1) is 18.7 Å². The van der Waals surface area contributed by atoms with Crippen molar-refractivity contribution in [3.05, 3.63) is 35.1 Å². The van der Waals surface area contributed by atoms with Crippen LogP contribution < -0.4 is 5.32 Å². The second kappa shape index (κ2) is 4.29. The van der Waals surface area contributed by atoms with E-state index in [-0.39, 0.29) is 18.5 Å². The second-order valence-corrected chi connectivity index (χ2v) is 4.25. The number of hydrogen-bond acceptors (Lipinski definition) is 2. The summed E-state index contributed by atoms with van der Waals surface area (Å²) in [6.07, 6.45) is 0.932. The molecule has 2 unspecified atom stereocenters. The molecule has 15 heavy (non-hydrogen) atoms. The Balaban J connectivity index is 2.13. The second-order valence-electron chi connectivity index (χ2n) is 4.25. The quantitative estimate of drug-likeness (QED) is 0.778. The van der Waals surface area contributed by atoms with E-state index in [1.54, 1.807) is 6.92 Å². The van der Waals surface area contributed by atoms with Gasteiger partial charge in [-0.1, -0.05) is 12.1 Å². The summed E-state index contributed by atoms with van der Waals surface area (Å²) in [5.74, 6) is 0.177. The molecule has 2 atom stereocenters. The van der Waals surface area contributed by atoms with E-state index in [0.29, 0.717) is 11.5 Å². The number of aliphatic hydroxyl groups is 1. The van der Waals surface area contributed by atoms with Gasteiger partial charge in [0.05, 0.1) is 0 Å². The summed E-state index contributed by atoms with van der Waals surface area (Å²) >= 11 is 0. The summed E-state index contributed by atoms with van der Waals surface area (Å²) < 4.78 is 13.1. The van der Waals surface area contributed by atoms with Gasteiger partial charge >= 0.3 is 0 Å². The van der Waals surface area contributed by atoms with Crippen LogP contribution in [-0.4, -0.2) is 18.3 Å². The number of halogens is 1. The molecule has 1 aliphatic rings. The van der Waals surface area contributed by atoms with Crippen LogP contribution in [0.25, 0.3) is 0 Å². The van der Waals surface area contributed by atoms with Crippen LogP contribution in [0.1, 0.15) is 23.6 Å². The summed E-state index contributed by atoms with van der Waals surface area (Å²) in [7, 11) is 0. The van der Waals surface area contributed by atoms with Gasteiger partial charge in [-0.05, 0) is 36.5 Å². The number of nitrogens with one attached hydrogen (secondary N) is 1. The molecular weight excluding hydrogens is 193 g/mol. The molecule has 1 fully saturated rings. The van der Waals surface area contributed by atoms with Gasteiger partial charge in [-0.2, -0.15) is 0 Å². The lowest BCUT2D eigenvalue weighted by atomic mass is 9.99. The number of benzene rings is 1. The monoisotopic (exact) mass is 209 g/mol. The first-order valence-electron chi connectivity index (χ1n) is 5.31. The van der Waals surface area contributed by atoms with Crippen LogP contribution in [0.5, 0.6) is 0 Å². The van der Waals surface area contributed by atoms with Crippen molar-refractivity contribution in [2.24, 2.45) is 5.92 Å². The zero-order chi connectivity index (χ0) is 10.8. The lowest BCUT2D eigenvalue weighted by molar-refractivity contribution is 0.236. The van der Waals surface area contributed by atoms with E-state index in [4.69, 9.17) is 5.11 Å². The number of aliphatic hydroxyl groups excluding tert-OH is 1. The molecule has 0 amide bonds. The van der Waals surface area contributed by atoms with E-state index in [0.717, 1.165) is 18.5 Å². The first kappa shape index (κ1) is 10.6. The van der Waals surface area contributed by atoms with Crippen LogP contribution >= 0.6 is 0 Å². The highest BCUT2D eigenvalue weighted by Gasteiger charge is 2.24. The lowest BCUT2D eigenvalue weighted by Crippen LogP contribution is -2.14. The molecule has 0 radical (unpaired) electrons. The van der Waals surface area contributed by atoms with E-state index < -0.39 is 0 Å². The van der Waals surface area contributed by atoms with Gasteiger partial charge in [0.15, 0.2) is 0 Å². The minimum Gasteiger partial charge on any atom is -0.396 e. The third-order valence-electron chi connectivity index (χ3n) is 3.06. The SMILES string of the molecule is Cc1cc(C2CC(CO)CN2)ccc1F. The molecule has 0 bridgehead atoms. The zero-order valence-corrected chi connectivity index (χ0v) is 8.83. The smallest absolute Gasteiger partial charge is 0.126 e. The minimum absolute atomic E-state index is 0.157. The Labute approximate surface area is 89.1 Å². The van der Waals surface area contributed by atoms with Crippen LogP contribution in [-0.2, 0) is 0 Å². The topological polar surface area (TPSA) is 32.3 Å². The molecule has 0 aromatic heterocycles. The molecule has 1 aromatic carbocycles. The maximum atomic E-state index is 13.1. The van der Waals surface area contributed by atoms with E-state index in [2.05, 4.69) is 5.32 Å². The van der Waals surface area contributed by atoms with Crippen molar-refractivity contribution < 1.29 is 9.50 Å². The summed E-state index contributed by atoms with van der Waals surface area (Å²) in [6, 6.07) is 5.48. The first-order valence-corrected chi connectivity index (χ1v) is 5.31. The van der Waals surface area contributed by atoms with Gasteiger partial charge in [0.1, 0.15) is 5.82 Å².